The van der Waals surface area contributed by atoms with Gasteiger partial charge in [-0.15, -0.1) is 0 Å². The zero-order valence-electron chi connectivity index (χ0n) is 13.6. The third-order valence-electron chi connectivity index (χ3n) is 3.23. The summed E-state index contributed by atoms with van der Waals surface area (Å²) in [7, 11) is 4.67. The Labute approximate surface area is 153 Å². The average Bonchev–Trinajstić information content (AvgIpc) is 3.02. The summed E-state index contributed by atoms with van der Waals surface area (Å²) < 4.78 is 22.0. The summed E-state index contributed by atoms with van der Waals surface area (Å²) in [4.78, 5) is 11.9. The molecule has 0 saturated carbocycles. The van der Waals surface area contributed by atoms with Crippen molar-refractivity contribution in [3.63, 3.8) is 0 Å². The number of amides is 1. The SMILES string of the molecule is COc1cc(OC)c(OC)cc1CNC(=O)/C=C/c1ccc(I)o1. The summed E-state index contributed by atoms with van der Waals surface area (Å²) in [6.07, 6.45) is 3.03. The van der Waals surface area contributed by atoms with Crippen LogP contribution in [-0.2, 0) is 11.3 Å². The molecule has 0 atom stereocenters. The second-order valence-electron chi connectivity index (χ2n) is 4.71. The predicted molar refractivity (Wildman–Crippen MR) is 98.4 cm³/mol. The highest BCUT2D eigenvalue weighted by Gasteiger charge is 2.12. The fraction of sp³-hybridized carbons (Fsp3) is 0.235. The van der Waals surface area contributed by atoms with E-state index in [4.69, 9.17) is 18.6 Å². The van der Waals surface area contributed by atoms with Crippen LogP contribution in [0.5, 0.6) is 17.2 Å². The van der Waals surface area contributed by atoms with Crippen LogP contribution in [0.15, 0.2) is 34.8 Å². The fourth-order valence-corrected chi connectivity index (χ4v) is 2.48. The van der Waals surface area contributed by atoms with Crippen LogP contribution in [0, 0.1) is 3.77 Å². The number of carbonyl (C=O) groups excluding carboxylic acids is 1. The minimum atomic E-state index is -0.238. The summed E-state index contributed by atoms with van der Waals surface area (Å²) in [5.74, 6) is 2.13. The molecule has 24 heavy (non-hydrogen) atoms. The monoisotopic (exact) mass is 443 g/mol. The van der Waals surface area contributed by atoms with Gasteiger partial charge in [-0.05, 0) is 46.9 Å². The minimum Gasteiger partial charge on any atom is -0.496 e. The molecule has 6 nitrogen and oxygen atoms in total. The molecular weight excluding hydrogens is 425 g/mol. The molecule has 1 aromatic carbocycles. The largest absolute Gasteiger partial charge is 0.496 e. The number of benzene rings is 1. The van der Waals surface area contributed by atoms with E-state index in [2.05, 4.69) is 27.9 Å². The number of nitrogens with one attached hydrogen (secondary N) is 1. The Kier molecular flexibility index (Phi) is 6.53. The molecule has 128 valence electrons. The first kappa shape index (κ1) is 18.2. The number of ether oxygens (including phenoxy) is 3. The van der Waals surface area contributed by atoms with E-state index in [1.165, 1.54) is 6.08 Å². The van der Waals surface area contributed by atoms with Crippen LogP contribution in [0.2, 0.25) is 0 Å². The average molecular weight is 443 g/mol. The quantitative estimate of drug-likeness (QED) is 0.526. The molecule has 7 heteroatoms. The molecule has 0 radical (unpaired) electrons. The van der Waals surface area contributed by atoms with Crippen molar-refractivity contribution in [3.05, 3.63) is 45.4 Å². The molecule has 0 bridgehead atoms. The van der Waals surface area contributed by atoms with Gasteiger partial charge in [-0.1, -0.05) is 0 Å². The Balaban J connectivity index is 2.05. The van der Waals surface area contributed by atoms with Crippen molar-refractivity contribution < 1.29 is 23.4 Å². The van der Waals surface area contributed by atoms with E-state index in [0.717, 1.165) is 9.33 Å². The van der Waals surface area contributed by atoms with Gasteiger partial charge in [0.1, 0.15) is 11.5 Å². The Hall–Kier alpha value is -2.16. The first-order valence-electron chi connectivity index (χ1n) is 7.07. The number of halogens is 1. The molecule has 1 amide bonds. The molecular formula is C17H18INO5. The number of carbonyl (C=O) groups is 1. The zero-order valence-corrected chi connectivity index (χ0v) is 15.7. The number of furan rings is 1. The maximum absolute atomic E-state index is 11.9. The molecule has 0 aliphatic carbocycles. The van der Waals surface area contributed by atoms with Gasteiger partial charge in [0.05, 0.1) is 21.3 Å². The van der Waals surface area contributed by atoms with Crippen molar-refractivity contribution in [2.75, 3.05) is 21.3 Å². The Morgan fingerprint density at radius 3 is 2.38 bits per heavy atom. The van der Waals surface area contributed by atoms with Gasteiger partial charge in [0, 0.05) is 24.3 Å². The first-order valence-corrected chi connectivity index (χ1v) is 8.15. The number of hydrogen-bond acceptors (Lipinski definition) is 5. The Morgan fingerprint density at radius 1 is 1.12 bits per heavy atom. The molecule has 0 aliphatic rings. The summed E-state index contributed by atoms with van der Waals surface area (Å²) in [6.45, 7) is 0.294. The third kappa shape index (κ3) is 4.67. The minimum absolute atomic E-state index is 0.238. The number of hydrogen-bond donors (Lipinski definition) is 1. The zero-order chi connectivity index (χ0) is 17.5. The van der Waals surface area contributed by atoms with Gasteiger partial charge in [-0.25, -0.2) is 0 Å². The molecule has 0 unspecified atom stereocenters. The number of methoxy groups -OCH3 is 3. The molecule has 1 N–H and O–H groups in total. The van der Waals surface area contributed by atoms with Crippen LogP contribution in [0.4, 0.5) is 0 Å². The highest BCUT2D eigenvalue weighted by molar-refractivity contribution is 14.1. The fourth-order valence-electron chi connectivity index (χ4n) is 2.05. The second-order valence-corrected chi connectivity index (χ2v) is 5.78. The van der Waals surface area contributed by atoms with Crippen molar-refractivity contribution in [1.82, 2.24) is 5.32 Å². The molecule has 2 aromatic rings. The topological polar surface area (TPSA) is 69.9 Å². The van der Waals surface area contributed by atoms with Crippen LogP contribution >= 0.6 is 22.6 Å². The van der Waals surface area contributed by atoms with E-state index in [1.54, 1.807) is 45.6 Å². The normalized spacial score (nSPS) is 10.7. The smallest absolute Gasteiger partial charge is 0.244 e. The van der Waals surface area contributed by atoms with E-state index in [9.17, 15) is 4.79 Å². The van der Waals surface area contributed by atoms with E-state index < -0.39 is 0 Å². The highest BCUT2D eigenvalue weighted by Crippen LogP contribution is 2.34. The molecule has 0 fully saturated rings. The predicted octanol–water partition coefficient (Wildman–Crippen LogP) is 3.24. The van der Waals surface area contributed by atoms with Gasteiger partial charge in [0.2, 0.25) is 5.91 Å². The van der Waals surface area contributed by atoms with Crippen LogP contribution in [-0.4, -0.2) is 27.2 Å². The standard InChI is InChI=1S/C17H18INO5/c1-21-13-9-15(23-3)14(22-2)8-11(13)10-19-17(20)7-5-12-4-6-16(18)24-12/h4-9H,10H2,1-3H3,(H,19,20)/b7-5+. The van der Waals surface area contributed by atoms with Crippen molar-refractivity contribution in [3.8, 4) is 17.2 Å². The summed E-state index contributed by atoms with van der Waals surface area (Å²) in [5, 5.41) is 2.79. The number of rotatable bonds is 7. The Morgan fingerprint density at radius 2 is 1.79 bits per heavy atom. The summed E-state index contributed by atoms with van der Waals surface area (Å²) >= 11 is 2.07. The van der Waals surface area contributed by atoms with Crippen LogP contribution in [0.25, 0.3) is 6.08 Å². The lowest BCUT2D eigenvalue weighted by Crippen LogP contribution is -2.20. The van der Waals surface area contributed by atoms with Gasteiger partial charge in [-0.3, -0.25) is 4.79 Å². The van der Waals surface area contributed by atoms with Crippen molar-refractivity contribution in [1.29, 1.82) is 0 Å². The van der Waals surface area contributed by atoms with Gasteiger partial charge in [-0.2, -0.15) is 0 Å². The van der Waals surface area contributed by atoms with E-state index >= 15 is 0 Å². The maximum Gasteiger partial charge on any atom is 0.244 e. The lowest BCUT2D eigenvalue weighted by atomic mass is 10.1. The maximum atomic E-state index is 11.9. The van der Waals surface area contributed by atoms with Gasteiger partial charge < -0.3 is 23.9 Å². The van der Waals surface area contributed by atoms with Gasteiger partial charge >= 0.3 is 0 Å². The van der Waals surface area contributed by atoms with Gasteiger partial charge in [0.25, 0.3) is 0 Å². The van der Waals surface area contributed by atoms with E-state index in [1.807, 2.05) is 6.07 Å². The molecule has 1 aromatic heterocycles. The molecule has 0 aliphatic heterocycles. The summed E-state index contributed by atoms with van der Waals surface area (Å²) in [5.41, 5.74) is 0.782. The Bertz CT molecular complexity index is 739. The lowest BCUT2D eigenvalue weighted by Gasteiger charge is -2.14. The van der Waals surface area contributed by atoms with Crippen molar-refractivity contribution in [2.45, 2.75) is 6.54 Å². The molecule has 0 saturated heterocycles. The van der Waals surface area contributed by atoms with Crippen LogP contribution < -0.4 is 19.5 Å². The second kappa shape index (κ2) is 8.62. The van der Waals surface area contributed by atoms with E-state index in [0.29, 0.717) is 29.6 Å². The van der Waals surface area contributed by atoms with Crippen LogP contribution in [0.3, 0.4) is 0 Å². The van der Waals surface area contributed by atoms with Gasteiger partial charge in [0.15, 0.2) is 15.3 Å². The van der Waals surface area contributed by atoms with Crippen molar-refractivity contribution in [2.24, 2.45) is 0 Å². The molecule has 2 rings (SSSR count). The first-order chi connectivity index (χ1) is 11.6. The molecule has 1 heterocycles. The van der Waals surface area contributed by atoms with Crippen LogP contribution in [0.1, 0.15) is 11.3 Å². The summed E-state index contributed by atoms with van der Waals surface area (Å²) in [6, 6.07) is 7.12. The highest BCUT2D eigenvalue weighted by atomic mass is 127. The van der Waals surface area contributed by atoms with Crippen molar-refractivity contribution >= 4 is 34.6 Å². The third-order valence-corrected chi connectivity index (χ3v) is 3.81. The molecule has 0 spiro atoms. The van der Waals surface area contributed by atoms with E-state index in [-0.39, 0.29) is 5.91 Å². The lowest BCUT2D eigenvalue weighted by molar-refractivity contribution is -0.116.